The molecule has 0 unspecified atom stereocenters. The van der Waals surface area contributed by atoms with Crippen LogP contribution in [0.4, 0.5) is 0 Å². The Bertz CT molecular complexity index is 615. The maximum absolute atomic E-state index is 12.3. The summed E-state index contributed by atoms with van der Waals surface area (Å²) in [7, 11) is -2.50. The Balaban J connectivity index is 3.24. The zero-order chi connectivity index (χ0) is 14.8. The number of sulfonamides is 1. The van der Waals surface area contributed by atoms with Crippen molar-refractivity contribution in [3.05, 3.63) is 28.8 Å². The second-order valence-corrected chi connectivity index (χ2v) is 7.25. The summed E-state index contributed by atoms with van der Waals surface area (Å²) in [5.74, 6) is 0. The number of benzene rings is 1. The Labute approximate surface area is 118 Å². The molecule has 19 heavy (non-hydrogen) atoms. The molecule has 0 amide bonds. The minimum absolute atomic E-state index is 0.0431. The van der Waals surface area contributed by atoms with E-state index in [0.29, 0.717) is 0 Å². The molecule has 0 spiro atoms. The van der Waals surface area contributed by atoms with Crippen molar-refractivity contribution in [3.63, 3.8) is 0 Å². The first-order valence-corrected chi connectivity index (χ1v) is 7.28. The molecule has 0 heterocycles. The normalized spacial score (nSPS) is 12.5. The minimum Gasteiger partial charge on any atom is -0.389 e. The molecule has 1 rings (SSSR count). The van der Waals surface area contributed by atoms with Crippen molar-refractivity contribution in [3.8, 4) is 6.07 Å². The van der Waals surface area contributed by atoms with Crippen LogP contribution in [-0.2, 0) is 10.0 Å². The average molecular weight is 303 g/mol. The third-order valence-corrected chi connectivity index (χ3v) is 4.64. The van der Waals surface area contributed by atoms with Gasteiger partial charge in [-0.25, -0.2) is 8.42 Å². The second-order valence-electron chi connectivity index (χ2n) is 4.83. The van der Waals surface area contributed by atoms with Gasteiger partial charge in [0.25, 0.3) is 0 Å². The average Bonchev–Trinajstić information content (AvgIpc) is 2.27. The van der Waals surface area contributed by atoms with Crippen molar-refractivity contribution in [2.24, 2.45) is 0 Å². The summed E-state index contributed by atoms with van der Waals surface area (Å²) in [4.78, 5) is -0.139. The standard InChI is InChI=1S/C12H15ClN2O3S/c1-12(2,16)8-15(3)19(17,18)11-6-9(7-14)4-5-10(11)13/h4-6,16H,8H2,1-3H3. The number of nitriles is 1. The van der Waals surface area contributed by atoms with E-state index in [-0.39, 0.29) is 22.0 Å². The third kappa shape index (κ3) is 3.91. The lowest BCUT2D eigenvalue weighted by molar-refractivity contribution is 0.0640. The SMILES string of the molecule is CN(CC(C)(C)O)S(=O)(=O)c1cc(C#N)ccc1Cl. The van der Waals surface area contributed by atoms with Crippen LogP contribution in [0.5, 0.6) is 0 Å². The number of hydrogen-bond acceptors (Lipinski definition) is 4. The van der Waals surface area contributed by atoms with E-state index in [0.717, 1.165) is 4.31 Å². The molecule has 1 N–H and O–H groups in total. The van der Waals surface area contributed by atoms with E-state index in [1.807, 2.05) is 6.07 Å². The summed E-state index contributed by atoms with van der Waals surface area (Å²) in [6, 6.07) is 5.89. The highest BCUT2D eigenvalue weighted by Crippen LogP contribution is 2.25. The van der Waals surface area contributed by atoms with Crippen molar-refractivity contribution in [2.75, 3.05) is 13.6 Å². The summed E-state index contributed by atoms with van der Waals surface area (Å²) in [5, 5.41) is 18.5. The minimum atomic E-state index is -3.85. The van der Waals surface area contributed by atoms with Crippen LogP contribution in [0.15, 0.2) is 23.1 Å². The zero-order valence-electron chi connectivity index (χ0n) is 10.9. The third-order valence-electron chi connectivity index (χ3n) is 2.36. The highest BCUT2D eigenvalue weighted by Gasteiger charge is 2.28. The summed E-state index contributed by atoms with van der Waals surface area (Å²) in [6.45, 7) is 2.93. The Kier molecular flexibility index (Phi) is 4.59. The van der Waals surface area contributed by atoms with Gasteiger partial charge in [0.2, 0.25) is 10.0 Å². The van der Waals surface area contributed by atoms with E-state index in [2.05, 4.69) is 0 Å². The van der Waals surface area contributed by atoms with Gasteiger partial charge in [-0.2, -0.15) is 9.57 Å². The molecule has 1 aromatic carbocycles. The van der Waals surface area contributed by atoms with E-state index >= 15 is 0 Å². The van der Waals surface area contributed by atoms with Gasteiger partial charge in [-0.1, -0.05) is 11.6 Å². The monoisotopic (exact) mass is 302 g/mol. The number of rotatable bonds is 4. The fourth-order valence-electron chi connectivity index (χ4n) is 1.57. The molecule has 0 aliphatic rings. The van der Waals surface area contributed by atoms with Crippen LogP contribution in [0.1, 0.15) is 19.4 Å². The lowest BCUT2D eigenvalue weighted by Gasteiger charge is -2.25. The van der Waals surface area contributed by atoms with Crippen LogP contribution in [0.3, 0.4) is 0 Å². The van der Waals surface area contributed by atoms with Crippen LogP contribution < -0.4 is 0 Å². The molecular formula is C12H15ClN2O3S. The van der Waals surface area contributed by atoms with Gasteiger partial charge in [0.1, 0.15) is 4.90 Å². The highest BCUT2D eigenvalue weighted by atomic mass is 35.5. The summed E-state index contributed by atoms with van der Waals surface area (Å²) < 4.78 is 25.6. The van der Waals surface area contributed by atoms with Gasteiger partial charge in [-0.15, -0.1) is 0 Å². The van der Waals surface area contributed by atoms with Crippen LogP contribution in [-0.4, -0.2) is 37.0 Å². The smallest absolute Gasteiger partial charge is 0.244 e. The maximum Gasteiger partial charge on any atom is 0.244 e. The molecule has 0 atom stereocenters. The van der Waals surface area contributed by atoms with Crippen LogP contribution in [0, 0.1) is 11.3 Å². The topological polar surface area (TPSA) is 81.4 Å². The lowest BCUT2D eigenvalue weighted by atomic mass is 10.1. The molecule has 0 saturated heterocycles. The lowest BCUT2D eigenvalue weighted by Crippen LogP contribution is -2.39. The highest BCUT2D eigenvalue weighted by molar-refractivity contribution is 7.89. The van der Waals surface area contributed by atoms with Gasteiger partial charge in [-0.3, -0.25) is 0 Å². The molecular weight excluding hydrogens is 288 g/mol. The van der Waals surface area contributed by atoms with Gasteiger partial charge < -0.3 is 5.11 Å². The maximum atomic E-state index is 12.3. The molecule has 0 aliphatic heterocycles. The number of hydrogen-bond donors (Lipinski definition) is 1. The largest absolute Gasteiger partial charge is 0.389 e. The summed E-state index contributed by atoms with van der Waals surface area (Å²) >= 11 is 5.88. The Morgan fingerprint density at radius 3 is 2.53 bits per heavy atom. The van der Waals surface area contributed by atoms with Crippen LogP contribution >= 0.6 is 11.6 Å². The van der Waals surface area contributed by atoms with Gasteiger partial charge in [0.05, 0.1) is 22.3 Å². The van der Waals surface area contributed by atoms with Crippen LogP contribution in [0.2, 0.25) is 5.02 Å². The number of halogens is 1. The molecule has 0 saturated carbocycles. The predicted octanol–water partition coefficient (Wildman–Crippen LogP) is 1.60. The quantitative estimate of drug-likeness (QED) is 0.916. The van der Waals surface area contributed by atoms with Gasteiger partial charge >= 0.3 is 0 Å². The van der Waals surface area contributed by atoms with E-state index in [4.69, 9.17) is 16.9 Å². The van der Waals surface area contributed by atoms with Gasteiger partial charge in [0.15, 0.2) is 0 Å². The van der Waals surface area contributed by atoms with Crippen molar-refractivity contribution in [2.45, 2.75) is 24.3 Å². The first-order valence-electron chi connectivity index (χ1n) is 5.46. The number of nitrogens with zero attached hydrogens (tertiary/aromatic N) is 2. The van der Waals surface area contributed by atoms with Crippen molar-refractivity contribution < 1.29 is 13.5 Å². The molecule has 7 heteroatoms. The molecule has 5 nitrogen and oxygen atoms in total. The molecule has 104 valence electrons. The predicted molar refractivity (Wildman–Crippen MR) is 72.3 cm³/mol. The Morgan fingerprint density at radius 1 is 1.47 bits per heavy atom. The molecule has 0 bridgehead atoms. The van der Waals surface area contributed by atoms with Crippen LogP contribution in [0.25, 0.3) is 0 Å². The van der Waals surface area contributed by atoms with E-state index in [9.17, 15) is 13.5 Å². The Hall–Kier alpha value is -1.13. The summed E-state index contributed by atoms with van der Waals surface area (Å²) in [6.07, 6.45) is 0. The fraction of sp³-hybridized carbons (Fsp3) is 0.417. The van der Waals surface area contributed by atoms with Crippen molar-refractivity contribution in [1.29, 1.82) is 5.26 Å². The van der Waals surface area contributed by atoms with Crippen molar-refractivity contribution >= 4 is 21.6 Å². The number of likely N-dealkylation sites (N-methyl/N-ethyl adjacent to an activating group) is 1. The van der Waals surface area contributed by atoms with E-state index in [1.54, 1.807) is 0 Å². The first-order chi connectivity index (χ1) is 8.58. The fourth-order valence-corrected chi connectivity index (χ4v) is 3.39. The second kappa shape index (κ2) is 5.47. The van der Waals surface area contributed by atoms with Crippen molar-refractivity contribution in [1.82, 2.24) is 4.31 Å². The van der Waals surface area contributed by atoms with E-state index in [1.165, 1.54) is 39.1 Å². The van der Waals surface area contributed by atoms with Gasteiger partial charge in [-0.05, 0) is 32.0 Å². The van der Waals surface area contributed by atoms with Gasteiger partial charge in [0, 0.05) is 13.6 Å². The summed E-state index contributed by atoms with van der Waals surface area (Å²) in [5.41, 5.74) is -0.958. The zero-order valence-corrected chi connectivity index (χ0v) is 12.5. The molecule has 0 radical (unpaired) electrons. The first kappa shape index (κ1) is 15.9. The van der Waals surface area contributed by atoms with E-state index < -0.39 is 15.6 Å². The molecule has 1 aromatic rings. The number of aliphatic hydroxyl groups is 1. The molecule has 0 fully saturated rings. The molecule has 0 aromatic heterocycles. The molecule has 0 aliphatic carbocycles. The Morgan fingerprint density at radius 2 is 2.05 bits per heavy atom.